The zero-order valence-corrected chi connectivity index (χ0v) is 11.1. The van der Waals surface area contributed by atoms with E-state index in [4.69, 9.17) is 0 Å². The molecule has 1 aromatic rings. The summed E-state index contributed by atoms with van der Waals surface area (Å²) in [5.41, 5.74) is 2.20. The molecule has 1 aliphatic rings. The first-order valence-corrected chi connectivity index (χ1v) is 6.43. The van der Waals surface area contributed by atoms with Gasteiger partial charge in [0.25, 0.3) is 0 Å². The summed E-state index contributed by atoms with van der Waals surface area (Å²) >= 11 is 0. The third-order valence-corrected chi connectivity index (χ3v) is 3.23. The molecule has 0 radical (unpaired) electrons. The highest BCUT2D eigenvalue weighted by Gasteiger charge is 2.27. The molecular weight excluding hydrogens is 226 g/mol. The Kier molecular flexibility index (Phi) is 4.20. The topological polar surface area (TPSA) is 44.4 Å². The molecule has 0 spiro atoms. The van der Waals surface area contributed by atoms with E-state index in [1.165, 1.54) is 0 Å². The van der Waals surface area contributed by atoms with Crippen molar-refractivity contribution in [2.24, 2.45) is 0 Å². The molecular formula is C14H21N3O. The number of anilines is 1. The van der Waals surface area contributed by atoms with Crippen LogP contribution in [0.15, 0.2) is 24.3 Å². The summed E-state index contributed by atoms with van der Waals surface area (Å²) in [5, 5.41) is 6.29. The van der Waals surface area contributed by atoms with Gasteiger partial charge in [-0.1, -0.05) is 18.2 Å². The molecule has 18 heavy (non-hydrogen) atoms. The van der Waals surface area contributed by atoms with Crippen LogP contribution in [0.2, 0.25) is 0 Å². The van der Waals surface area contributed by atoms with Crippen LogP contribution in [0.1, 0.15) is 17.9 Å². The van der Waals surface area contributed by atoms with Crippen molar-refractivity contribution in [3.63, 3.8) is 0 Å². The average Bonchev–Trinajstić information content (AvgIpc) is 2.78. The molecule has 1 heterocycles. The molecule has 2 N–H and O–H groups in total. The number of hydrogen-bond acceptors (Lipinski definition) is 3. The first-order chi connectivity index (χ1) is 8.68. The second kappa shape index (κ2) is 5.87. The van der Waals surface area contributed by atoms with Gasteiger partial charge in [0.1, 0.15) is 0 Å². The minimum atomic E-state index is -0.0412. The van der Waals surface area contributed by atoms with Crippen molar-refractivity contribution in [1.29, 1.82) is 0 Å². The van der Waals surface area contributed by atoms with E-state index in [-0.39, 0.29) is 11.8 Å². The van der Waals surface area contributed by atoms with Gasteiger partial charge in [-0.05, 0) is 38.7 Å². The van der Waals surface area contributed by atoms with Crippen LogP contribution in [-0.2, 0) is 4.79 Å². The maximum atomic E-state index is 12.1. The van der Waals surface area contributed by atoms with Crippen LogP contribution in [0.25, 0.3) is 0 Å². The second-order valence-electron chi connectivity index (χ2n) is 4.97. The second-order valence-corrected chi connectivity index (χ2v) is 4.97. The fourth-order valence-corrected chi connectivity index (χ4v) is 2.25. The first-order valence-electron chi connectivity index (χ1n) is 6.43. The van der Waals surface area contributed by atoms with Crippen LogP contribution in [0.3, 0.4) is 0 Å². The molecule has 1 amide bonds. The van der Waals surface area contributed by atoms with Crippen molar-refractivity contribution in [2.45, 2.75) is 12.3 Å². The van der Waals surface area contributed by atoms with Gasteiger partial charge in [0.2, 0.25) is 5.91 Å². The van der Waals surface area contributed by atoms with Crippen LogP contribution in [0.4, 0.5) is 5.69 Å². The number of benzene rings is 1. The van der Waals surface area contributed by atoms with E-state index in [1.807, 2.05) is 38.4 Å². The Bertz CT molecular complexity index is 417. The van der Waals surface area contributed by atoms with E-state index in [0.29, 0.717) is 6.54 Å². The van der Waals surface area contributed by atoms with Crippen LogP contribution < -0.4 is 10.6 Å². The van der Waals surface area contributed by atoms with E-state index in [1.54, 1.807) is 0 Å². The summed E-state index contributed by atoms with van der Waals surface area (Å²) in [6.07, 6.45) is 0.987. The summed E-state index contributed by atoms with van der Waals surface area (Å²) in [4.78, 5) is 14.2. The maximum absolute atomic E-state index is 12.1. The Balaban J connectivity index is 1.84. The monoisotopic (exact) mass is 247 g/mol. The Morgan fingerprint density at radius 2 is 2.22 bits per heavy atom. The van der Waals surface area contributed by atoms with E-state index in [9.17, 15) is 4.79 Å². The molecule has 98 valence electrons. The number of nitrogens with zero attached hydrogens (tertiary/aromatic N) is 1. The van der Waals surface area contributed by atoms with E-state index < -0.39 is 0 Å². The van der Waals surface area contributed by atoms with Crippen molar-refractivity contribution in [3.8, 4) is 0 Å². The Hall–Kier alpha value is -1.55. The van der Waals surface area contributed by atoms with Crippen LogP contribution in [0.5, 0.6) is 0 Å². The van der Waals surface area contributed by atoms with Crippen LogP contribution >= 0.6 is 0 Å². The van der Waals surface area contributed by atoms with Gasteiger partial charge in [-0.25, -0.2) is 0 Å². The van der Waals surface area contributed by atoms with E-state index in [2.05, 4.69) is 15.5 Å². The largest absolute Gasteiger partial charge is 0.384 e. The molecule has 0 aromatic heterocycles. The number of rotatable bonds is 5. The quantitative estimate of drug-likeness (QED) is 0.770. The molecule has 4 nitrogen and oxygen atoms in total. The maximum Gasteiger partial charge on any atom is 0.229 e. The molecule has 1 aromatic carbocycles. The van der Waals surface area contributed by atoms with E-state index in [0.717, 1.165) is 30.8 Å². The predicted molar refractivity (Wildman–Crippen MR) is 73.9 cm³/mol. The normalized spacial score (nSPS) is 17.4. The number of hydrogen-bond donors (Lipinski definition) is 2. The van der Waals surface area contributed by atoms with Gasteiger partial charge in [-0.3, -0.25) is 4.79 Å². The summed E-state index contributed by atoms with van der Waals surface area (Å²) in [6.45, 7) is 2.45. The molecule has 0 bridgehead atoms. The SMILES string of the molecule is CN(C)CCCNC(=O)C1CNc2ccccc21. The molecule has 0 saturated carbocycles. The Morgan fingerprint density at radius 1 is 1.44 bits per heavy atom. The van der Waals surface area contributed by atoms with Gasteiger partial charge in [-0.15, -0.1) is 0 Å². The molecule has 0 fully saturated rings. The van der Waals surface area contributed by atoms with Gasteiger partial charge in [0, 0.05) is 18.8 Å². The Labute approximate surface area is 108 Å². The highest BCUT2D eigenvalue weighted by Crippen LogP contribution is 2.30. The fraction of sp³-hybridized carbons (Fsp3) is 0.500. The fourth-order valence-electron chi connectivity index (χ4n) is 2.25. The van der Waals surface area contributed by atoms with E-state index >= 15 is 0 Å². The summed E-state index contributed by atoms with van der Waals surface area (Å²) in [5.74, 6) is 0.0896. The zero-order valence-electron chi connectivity index (χ0n) is 11.1. The number of para-hydroxylation sites is 1. The number of carbonyl (C=O) groups is 1. The molecule has 4 heteroatoms. The van der Waals surface area contributed by atoms with Crippen molar-refractivity contribution in [2.75, 3.05) is 39.0 Å². The van der Waals surface area contributed by atoms with Crippen molar-refractivity contribution in [1.82, 2.24) is 10.2 Å². The number of amides is 1. The minimum Gasteiger partial charge on any atom is -0.384 e. The van der Waals surface area contributed by atoms with Crippen molar-refractivity contribution >= 4 is 11.6 Å². The lowest BCUT2D eigenvalue weighted by molar-refractivity contribution is -0.122. The Morgan fingerprint density at radius 3 is 3.00 bits per heavy atom. The third kappa shape index (κ3) is 3.01. The summed E-state index contributed by atoms with van der Waals surface area (Å²) in [7, 11) is 4.08. The predicted octanol–water partition coefficient (Wildman–Crippen LogP) is 1.26. The summed E-state index contributed by atoms with van der Waals surface area (Å²) in [6, 6.07) is 8.02. The molecule has 2 rings (SSSR count). The summed E-state index contributed by atoms with van der Waals surface area (Å²) < 4.78 is 0. The minimum absolute atomic E-state index is 0.0412. The van der Waals surface area contributed by atoms with Crippen LogP contribution in [0, 0.1) is 0 Å². The van der Waals surface area contributed by atoms with Gasteiger partial charge in [0.05, 0.1) is 5.92 Å². The van der Waals surface area contributed by atoms with Gasteiger partial charge in [-0.2, -0.15) is 0 Å². The molecule has 0 aliphatic carbocycles. The van der Waals surface area contributed by atoms with Crippen LogP contribution in [-0.4, -0.2) is 44.5 Å². The highest BCUT2D eigenvalue weighted by atomic mass is 16.1. The van der Waals surface area contributed by atoms with Gasteiger partial charge < -0.3 is 15.5 Å². The number of nitrogens with one attached hydrogen (secondary N) is 2. The standard InChI is InChI=1S/C14H21N3O/c1-17(2)9-5-8-15-14(18)12-10-16-13-7-4-3-6-11(12)13/h3-4,6-7,12,16H,5,8-10H2,1-2H3,(H,15,18). The highest BCUT2D eigenvalue weighted by molar-refractivity contribution is 5.88. The molecule has 1 aliphatic heterocycles. The lowest BCUT2D eigenvalue weighted by atomic mass is 10.0. The first kappa shape index (κ1) is 12.9. The smallest absolute Gasteiger partial charge is 0.229 e. The number of carbonyl (C=O) groups excluding carboxylic acids is 1. The molecule has 1 atom stereocenters. The van der Waals surface area contributed by atoms with Gasteiger partial charge >= 0.3 is 0 Å². The van der Waals surface area contributed by atoms with Crippen molar-refractivity contribution in [3.05, 3.63) is 29.8 Å². The number of fused-ring (bicyclic) bond motifs is 1. The van der Waals surface area contributed by atoms with Crippen molar-refractivity contribution < 1.29 is 4.79 Å². The zero-order chi connectivity index (χ0) is 13.0. The lowest BCUT2D eigenvalue weighted by Crippen LogP contribution is -2.32. The average molecular weight is 247 g/mol. The molecule has 1 unspecified atom stereocenters. The lowest BCUT2D eigenvalue weighted by Gasteiger charge is -2.13. The van der Waals surface area contributed by atoms with Gasteiger partial charge in [0.15, 0.2) is 0 Å². The third-order valence-electron chi connectivity index (χ3n) is 3.23. The molecule has 0 saturated heterocycles.